The van der Waals surface area contributed by atoms with Gasteiger partial charge < -0.3 is 14.4 Å². The maximum Gasteiger partial charge on any atom is 0.358 e. The molecule has 1 heterocycles. The Balaban J connectivity index is 1.87. The topological polar surface area (TPSA) is 116 Å². The Labute approximate surface area is 141 Å². The van der Waals surface area contributed by atoms with Crippen molar-refractivity contribution < 1.29 is 24.1 Å². The lowest BCUT2D eigenvalue weighted by Gasteiger charge is -2.07. The van der Waals surface area contributed by atoms with Crippen molar-refractivity contribution in [2.75, 3.05) is 0 Å². The van der Waals surface area contributed by atoms with Crippen LogP contribution in [0.1, 0.15) is 16.1 Å². The lowest BCUT2D eigenvalue weighted by molar-refractivity contribution is -0.385. The van der Waals surface area contributed by atoms with Crippen LogP contribution in [0, 0.1) is 10.1 Å². The lowest BCUT2D eigenvalue weighted by atomic mass is 10.1. The minimum absolute atomic E-state index is 0.107. The summed E-state index contributed by atoms with van der Waals surface area (Å²) in [6.45, 7) is 0.187. The van der Waals surface area contributed by atoms with Crippen LogP contribution >= 0.6 is 0 Å². The van der Waals surface area contributed by atoms with Crippen LogP contribution in [0.15, 0.2) is 59.1 Å². The number of rotatable bonds is 6. The summed E-state index contributed by atoms with van der Waals surface area (Å²) in [5.74, 6) is -1.02. The van der Waals surface area contributed by atoms with Crippen LogP contribution in [0.5, 0.6) is 5.75 Å². The predicted octanol–water partition coefficient (Wildman–Crippen LogP) is 3.53. The first-order valence-corrected chi connectivity index (χ1v) is 7.20. The number of carboxylic acid groups (broad SMARTS) is 1. The van der Waals surface area contributed by atoms with E-state index in [9.17, 15) is 14.9 Å². The van der Waals surface area contributed by atoms with E-state index in [1.54, 1.807) is 6.07 Å². The fourth-order valence-electron chi connectivity index (χ4n) is 2.18. The number of nitrogens with zero attached hydrogens (tertiary/aromatic N) is 2. The molecule has 0 aliphatic rings. The van der Waals surface area contributed by atoms with Crippen LogP contribution in [0.4, 0.5) is 5.69 Å². The maximum absolute atomic E-state index is 11.3. The molecule has 0 spiro atoms. The summed E-state index contributed by atoms with van der Waals surface area (Å²) >= 11 is 0. The van der Waals surface area contributed by atoms with Crippen molar-refractivity contribution in [2.24, 2.45) is 0 Å². The number of benzene rings is 2. The quantitative estimate of drug-likeness (QED) is 0.539. The molecule has 0 radical (unpaired) electrons. The monoisotopic (exact) mass is 340 g/mol. The van der Waals surface area contributed by atoms with Gasteiger partial charge in [-0.15, -0.1) is 0 Å². The third-order valence-electron chi connectivity index (χ3n) is 3.41. The predicted molar refractivity (Wildman–Crippen MR) is 86.3 cm³/mol. The molecule has 0 unspecified atom stereocenters. The number of carboxylic acids is 1. The van der Waals surface area contributed by atoms with Gasteiger partial charge in [0.05, 0.1) is 4.92 Å². The van der Waals surface area contributed by atoms with Gasteiger partial charge in [0.15, 0.2) is 17.2 Å². The number of hydrogen-bond acceptors (Lipinski definition) is 6. The second-order valence-corrected chi connectivity index (χ2v) is 5.10. The van der Waals surface area contributed by atoms with Gasteiger partial charge in [-0.25, -0.2) is 4.79 Å². The average molecular weight is 340 g/mol. The molecule has 1 N–H and O–H groups in total. The summed E-state index contributed by atoms with van der Waals surface area (Å²) in [4.78, 5) is 21.6. The summed E-state index contributed by atoms with van der Waals surface area (Å²) in [5.41, 5.74) is 0.685. The number of ether oxygens (including phenoxy) is 1. The molecular weight excluding hydrogens is 328 g/mol. The molecule has 3 rings (SSSR count). The average Bonchev–Trinajstić information content (AvgIpc) is 3.11. The van der Waals surface area contributed by atoms with Crippen LogP contribution in [0.2, 0.25) is 0 Å². The van der Waals surface area contributed by atoms with Gasteiger partial charge in [-0.2, -0.15) is 0 Å². The number of hydrogen-bond donors (Lipinski definition) is 1. The Morgan fingerprint density at radius 1 is 1.20 bits per heavy atom. The zero-order valence-corrected chi connectivity index (χ0v) is 12.8. The highest BCUT2D eigenvalue weighted by Crippen LogP contribution is 2.33. The van der Waals surface area contributed by atoms with Crippen molar-refractivity contribution >= 4 is 11.7 Å². The van der Waals surface area contributed by atoms with E-state index in [1.165, 1.54) is 18.2 Å². The number of aromatic nitrogens is 1. The second-order valence-electron chi connectivity index (χ2n) is 5.10. The highest BCUT2D eigenvalue weighted by molar-refractivity contribution is 5.86. The molecule has 0 amide bonds. The first kappa shape index (κ1) is 16.2. The van der Waals surface area contributed by atoms with E-state index in [1.807, 2.05) is 30.3 Å². The second kappa shape index (κ2) is 6.83. The molecule has 25 heavy (non-hydrogen) atoms. The minimum atomic E-state index is -1.24. The molecule has 0 saturated carbocycles. The molecular formula is C17H12N2O6. The Morgan fingerprint density at radius 2 is 1.96 bits per heavy atom. The highest BCUT2D eigenvalue weighted by atomic mass is 16.6. The van der Waals surface area contributed by atoms with Gasteiger partial charge in [-0.3, -0.25) is 10.1 Å². The third kappa shape index (κ3) is 3.63. The zero-order chi connectivity index (χ0) is 17.8. The molecule has 0 saturated heterocycles. The number of carbonyl (C=O) groups is 1. The van der Waals surface area contributed by atoms with Crippen molar-refractivity contribution in [3.05, 3.63) is 76.0 Å². The van der Waals surface area contributed by atoms with Crippen molar-refractivity contribution in [2.45, 2.75) is 6.61 Å². The largest absolute Gasteiger partial charge is 0.482 e. The summed E-state index contributed by atoms with van der Waals surface area (Å²) in [6, 6.07) is 14.7. The van der Waals surface area contributed by atoms with E-state index >= 15 is 0 Å². The smallest absolute Gasteiger partial charge is 0.358 e. The van der Waals surface area contributed by atoms with Crippen LogP contribution in [0.3, 0.4) is 0 Å². The van der Waals surface area contributed by atoms with Gasteiger partial charge in [-0.1, -0.05) is 35.5 Å². The fourth-order valence-corrected chi connectivity index (χ4v) is 2.18. The Kier molecular flexibility index (Phi) is 4.42. The van der Waals surface area contributed by atoms with Crippen LogP contribution in [-0.4, -0.2) is 21.2 Å². The van der Waals surface area contributed by atoms with Crippen LogP contribution < -0.4 is 4.74 Å². The zero-order valence-electron chi connectivity index (χ0n) is 12.8. The molecule has 126 valence electrons. The third-order valence-corrected chi connectivity index (χ3v) is 3.41. The Hall–Kier alpha value is -3.68. The van der Waals surface area contributed by atoms with Gasteiger partial charge in [-0.05, 0) is 17.7 Å². The maximum atomic E-state index is 11.3. The SMILES string of the molecule is O=C(O)c1cc(-c2ccc(OCc3ccccc3)c([N+](=O)[O-])c2)on1. The Bertz CT molecular complexity index is 920. The minimum Gasteiger partial charge on any atom is -0.482 e. The first-order chi connectivity index (χ1) is 12.0. The summed E-state index contributed by atoms with van der Waals surface area (Å²) in [5, 5.41) is 23.6. The molecule has 8 nitrogen and oxygen atoms in total. The summed E-state index contributed by atoms with van der Waals surface area (Å²) in [6.07, 6.45) is 0. The van der Waals surface area contributed by atoms with E-state index in [0.717, 1.165) is 5.56 Å². The van der Waals surface area contributed by atoms with Gasteiger partial charge >= 0.3 is 11.7 Å². The van der Waals surface area contributed by atoms with Crippen molar-refractivity contribution in [1.82, 2.24) is 5.16 Å². The number of nitro benzene ring substituents is 1. The van der Waals surface area contributed by atoms with E-state index in [0.29, 0.717) is 5.56 Å². The number of aromatic carboxylic acids is 1. The van der Waals surface area contributed by atoms with E-state index in [4.69, 9.17) is 14.4 Å². The van der Waals surface area contributed by atoms with Crippen molar-refractivity contribution in [3.8, 4) is 17.1 Å². The van der Waals surface area contributed by atoms with Crippen LogP contribution in [-0.2, 0) is 6.61 Å². The molecule has 3 aromatic rings. The summed E-state index contributed by atoms with van der Waals surface area (Å²) in [7, 11) is 0. The molecule has 1 aromatic heterocycles. The van der Waals surface area contributed by atoms with Gasteiger partial charge in [0, 0.05) is 17.7 Å². The highest BCUT2D eigenvalue weighted by Gasteiger charge is 2.19. The van der Waals surface area contributed by atoms with Gasteiger partial charge in [0.25, 0.3) is 0 Å². The molecule has 2 aromatic carbocycles. The van der Waals surface area contributed by atoms with Crippen molar-refractivity contribution in [1.29, 1.82) is 0 Å². The van der Waals surface area contributed by atoms with Crippen molar-refractivity contribution in [3.63, 3.8) is 0 Å². The van der Waals surface area contributed by atoms with E-state index in [2.05, 4.69) is 5.16 Å². The molecule has 0 atom stereocenters. The normalized spacial score (nSPS) is 10.4. The standard InChI is InChI=1S/C17H12N2O6/c20-17(21)13-9-16(25-18-13)12-6-7-15(14(8-12)19(22)23)24-10-11-4-2-1-3-5-11/h1-9H,10H2,(H,20,21). The lowest BCUT2D eigenvalue weighted by Crippen LogP contribution is -1.99. The first-order valence-electron chi connectivity index (χ1n) is 7.20. The molecule has 8 heteroatoms. The molecule has 0 aliphatic heterocycles. The van der Waals surface area contributed by atoms with Gasteiger partial charge in [0.1, 0.15) is 6.61 Å². The Morgan fingerprint density at radius 3 is 2.60 bits per heavy atom. The van der Waals surface area contributed by atoms with E-state index in [-0.39, 0.29) is 29.5 Å². The summed E-state index contributed by atoms with van der Waals surface area (Å²) < 4.78 is 10.5. The fraction of sp³-hybridized carbons (Fsp3) is 0.0588. The van der Waals surface area contributed by atoms with Gasteiger partial charge in [0.2, 0.25) is 0 Å². The molecule has 0 aliphatic carbocycles. The van der Waals surface area contributed by atoms with Crippen LogP contribution in [0.25, 0.3) is 11.3 Å². The number of nitro groups is 1. The van der Waals surface area contributed by atoms with E-state index < -0.39 is 10.9 Å². The molecule has 0 fully saturated rings. The molecule has 0 bridgehead atoms.